The summed E-state index contributed by atoms with van der Waals surface area (Å²) in [7, 11) is 0. The van der Waals surface area contributed by atoms with Gasteiger partial charge in [-0.3, -0.25) is 4.79 Å². The van der Waals surface area contributed by atoms with Gasteiger partial charge in [-0.15, -0.1) is 15.3 Å². The number of nitrogens with one attached hydrogen (secondary N) is 2. The fourth-order valence-electron chi connectivity index (χ4n) is 3.28. The Kier molecular flexibility index (Phi) is 5.71. The van der Waals surface area contributed by atoms with E-state index in [1.807, 2.05) is 42.5 Å². The summed E-state index contributed by atoms with van der Waals surface area (Å²) >= 11 is 6.05. The number of carbonyl (C=O) groups is 1. The Balaban J connectivity index is 1.34. The van der Waals surface area contributed by atoms with Gasteiger partial charge in [0.15, 0.2) is 28.8 Å². The molecule has 34 heavy (non-hydrogen) atoms. The molecule has 0 bridgehead atoms. The third kappa shape index (κ3) is 4.48. The molecule has 5 aromatic rings. The number of nitrogens with two attached hydrogens (primary N) is 1. The van der Waals surface area contributed by atoms with Crippen LogP contribution in [-0.4, -0.2) is 35.7 Å². The van der Waals surface area contributed by atoms with E-state index < -0.39 is 5.91 Å². The van der Waals surface area contributed by atoms with Crippen LogP contribution >= 0.6 is 11.6 Å². The van der Waals surface area contributed by atoms with Crippen molar-refractivity contribution in [1.82, 2.24) is 35.1 Å². The van der Waals surface area contributed by atoms with Gasteiger partial charge in [0.05, 0.1) is 18.4 Å². The van der Waals surface area contributed by atoms with E-state index in [9.17, 15) is 4.79 Å². The van der Waals surface area contributed by atoms with Crippen molar-refractivity contribution in [3.8, 4) is 11.3 Å². The predicted molar refractivity (Wildman–Crippen MR) is 129 cm³/mol. The number of fused-ring (bicyclic) bond motifs is 1. The molecule has 2 aromatic carbocycles. The molecule has 0 aliphatic heterocycles. The van der Waals surface area contributed by atoms with Crippen LogP contribution in [0.4, 0.5) is 17.3 Å². The lowest BCUT2D eigenvalue weighted by atomic mass is 10.1. The number of rotatable bonds is 6. The lowest BCUT2D eigenvalue weighted by molar-refractivity contribution is 0.0945. The topological polar surface area (TPSA) is 136 Å². The largest absolute Gasteiger partial charge is 0.382 e. The smallest absolute Gasteiger partial charge is 0.274 e. The first-order chi connectivity index (χ1) is 16.6. The van der Waals surface area contributed by atoms with Gasteiger partial charge in [-0.1, -0.05) is 48.0 Å². The van der Waals surface area contributed by atoms with Gasteiger partial charge in [0.1, 0.15) is 0 Å². The normalized spacial score (nSPS) is 10.9. The number of hydrogen-bond donors (Lipinski definition) is 3. The number of halogens is 1. The molecule has 0 radical (unpaired) electrons. The maximum atomic E-state index is 12.8. The van der Waals surface area contributed by atoms with E-state index in [1.54, 1.807) is 28.8 Å². The molecule has 0 saturated heterocycles. The molecule has 10 nitrogen and oxygen atoms in total. The molecule has 168 valence electrons. The third-order valence-corrected chi connectivity index (χ3v) is 5.15. The minimum atomic E-state index is -0.479. The van der Waals surface area contributed by atoms with E-state index in [0.29, 0.717) is 28.0 Å². The van der Waals surface area contributed by atoms with Gasteiger partial charge in [-0.2, -0.15) is 4.52 Å². The van der Waals surface area contributed by atoms with Gasteiger partial charge in [-0.25, -0.2) is 9.97 Å². The molecule has 5 rings (SSSR count). The highest BCUT2D eigenvalue weighted by Crippen LogP contribution is 2.20. The summed E-state index contributed by atoms with van der Waals surface area (Å²) in [6.07, 6.45) is 1.53. The van der Waals surface area contributed by atoms with Crippen molar-refractivity contribution in [2.45, 2.75) is 6.54 Å². The maximum Gasteiger partial charge on any atom is 0.274 e. The minimum absolute atomic E-state index is 0.0337. The molecule has 4 N–H and O–H groups in total. The van der Waals surface area contributed by atoms with Crippen molar-refractivity contribution < 1.29 is 4.79 Å². The summed E-state index contributed by atoms with van der Waals surface area (Å²) in [6, 6.07) is 20.3. The zero-order valence-electron chi connectivity index (χ0n) is 17.7. The molecule has 0 unspecified atom stereocenters. The highest BCUT2D eigenvalue weighted by atomic mass is 35.5. The second-order valence-corrected chi connectivity index (χ2v) is 7.71. The summed E-state index contributed by atoms with van der Waals surface area (Å²) in [4.78, 5) is 21.3. The average molecular weight is 472 g/mol. The molecule has 3 aromatic heterocycles. The highest BCUT2D eigenvalue weighted by Gasteiger charge is 2.16. The van der Waals surface area contributed by atoms with Crippen molar-refractivity contribution in [1.29, 1.82) is 0 Å². The minimum Gasteiger partial charge on any atom is -0.382 e. The fraction of sp³-hybridized carbons (Fsp3) is 0.0435. The van der Waals surface area contributed by atoms with E-state index in [-0.39, 0.29) is 18.1 Å². The van der Waals surface area contributed by atoms with E-state index in [0.717, 1.165) is 11.3 Å². The molecule has 0 saturated carbocycles. The number of hydrogen-bond acceptors (Lipinski definition) is 8. The van der Waals surface area contributed by atoms with Crippen LogP contribution in [0.2, 0.25) is 5.02 Å². The van der Waals surface area contributed by atoms with Gasteiger partial charge in [0.25, 0.3) is 5.91 Å². The molecular formula is C23H18ClN9O. The molecule has 1 amide bonds. The Morgan fingerprint density at radius 3 is 2.71 bits per heavy atom. The second-order valence-electron chi connectivity index (χ2n) is 7.28. The van der Waals surface area contributed by atoms with Crippen molar-refractivity contribution in [2.75, 3.05) is 11.1 Å². The van der Waals surface area contributed by atoms with Crippen LogP contribution < -0.4 is 16.4 Å². The third-order valence-electron chi connectivity index (χ3n) is 4.92. The molecule has 11 heteroatoms. The van der Waals surface area contributed by atoms with Crippen molar-refractivity contribution >= 4 is 40.5 Å². The Morgan fingerprint density at radius 1 is 1.03 bits per heavy atom. The van der Waals surface area contributed by atoms with E-state index in [2.05, 4.69) is 35.9 Å². The van der Waals surface area contributed by atoms with Crippen molar-refractivity contribution in [3.63, 3.8) is 0 Å². The lowest BCUT2D eigenvalue weighted by Gasteiger charge is -2.08. The number of nitrogen functional groups attached to an aromatic ring is 1. The van der Waals surface area contributed by atoms with E-state index in [1.165, 1.54) is 6.20 Å². The van der Waals surface area contributed by atoms with Crippen LogP contribution in [-0.2, 0) is 6.54 Å². The van der Waals surface area contributed by atoms with Crippen LogP contribution in [0.3, 0.4) is 0 Å². The average Bonchev–Trinajstić information content (AvgIpc) is 3.25. The zero-order valence-corrected chi connectivity index (χ0v) is 18.4. The summed E-state index contributed by atoms with van der Waals surface area (Å²) in [5.74, 6) is 0.554. The molecule has 3 heterocycles. The first kappa shape index (κ1) is 21.3. The Morgan fingerprint density at radius 2 is 1.88 bits per heavy atom. The number of anilines is 3. The number of benzene rings is 2. The quantitative estimate of drug-likeness (QED) is 0.342. The number of nitrogens with zero attached hydrogens (tertiary/aromatic N) is 6. The summed E-state index contributed by atoms with van der Waals surface area (Å²) < 4.78 is 1.54. The van der Waals surface area contributed by atoms with Crippen LogP contribution in [0.25, 0.3) is 16.9 Å². The monoisotopic (exact) mass is 471 g/mol. The maximum absolute atomic E-state index is 12.8. The van der Waals surface area contributed by atoms with Crippen LogP contribution in [0.5, 0.6) is 0 Å². The van der Waals surface area contributed by atoms with Crippen LogP contribution in [0.1, 0.15) is 16.3 Å². The van der Waals surface area contributed by atoms with Crippen LogP contribution in [0, 0.1) is 0 Å². The fourth-order valence-corrected chi connectivity index (χ4v) is 3.47. The number of aromatic nitrogens is 6. The van der Waals surface area contributed by atoms with E-state index >= 15 is 0 Å². The van der Waals surface area contributed by atoms with Gasteiger partial charge in [0, 0.05) is 16.3 Å². The number of amides is 1. The molecular weight excluding hydrogens is 454 g/mol. The predicted octanol–water partition coefficient (Wildman–Crippen LogP) is 3.49. The molecule has 0 fully saturated rings. The van der Waals surface area contributed by atoms with Crippen molar-refractivity contribution in [3.05, 3.63) is 89.5 Å². The zero-order chi connectivity index (χ0) is 23.5. The van der Waals surface area contributed by atoms with Gasteiger partial charge >= 0.3 is 0 Å². The van der Waals surface area contributed by atoms with E-state index in [4.69, 9.17) is 17.3 Å². The second kappa shape index (κ2) is 9.12. The molecule has 0 aliphatic rings. The standard InChI is InChI=1S/C23H18ClN9O/c24-15-7-4-8-16(11-15)28-18-9-10-19-30-31-20(33(19)32-18)13-27-23(34)21-22(25)26-12-17(29-21)14-5-2-1-3-6-14/h1-12H,13H2,(H2,25,26)(H,27,34)(H,28,32). The highest BCUT2D eigenvalue weighted by molar-refractivity contribution is 6.30. The molecule has 0 atom stereocenters. The summed E-state index contributed by atoms with van der Waals surface area (Å²) in [5, 5.41) is 19.3. The van der Waals surface area contributed by atoms with Gasteiger partial charge in [-0.05, 0) is 30.3 Å². The van der Waals surface area contributed by atoms with Gasteiger partial charge < -0.3 is 16.4 Å². The summed E-state index contributed by atoms with van der Waals surface area (Å²) in [5.41, 5.74) is 8.65. The first-order valence-electron chi connectivity index (χ1n) is 10.3. The number of carbonyl (C=O) groups excluding carboxylic acids is 1. The molecule has 0 aliphatic carbocycles. The Bertz CT molecular complexity index is 1490. The molecule has 0 spiro atoms. The van der Waals surface area contributed by atoms with Crippen LogP contribution in [0.15, 0.2) is 72.9 Å². The van der Waals surface area contributed by atoms with Crippen molar-refractivity contribution in [2.24, 2.45) is 0 Å². The first-order valence-corrected chi connectivity index (χ1v) is 10.6. The SMILES string of the molecule is Nc1ncc(-c2ccccc2)nc1C(=O)NCc1nnc2ccc(Nc3cccc(Cl)c3)nn12. The summed E-state index contributed by atoms with van der Waals surface area (Å²) in [6.45, 7) is 0.0598. The Labute approximate surface area is 198 Å². The van der Waals surface area contributed by atoms with Gasteiger partial charge in [0.2, 0.25) is 0 Å². The lowest BCUT2D eigenvalue weighted by Crippen LogP contribution is -2.26. The Hall–Kier alpha value is -4.57.